The van der Waals surface area contributed by atoms with Crippen LogP contribution in [0.4, 0.5) is 11.5 Å². The predicted octanol–water partition coefficient (Wildman–Crippen LogP) is 6.90. The van der Waals surface area contributed by atoms with Gasteiger partial charge in [0.2, 0.25) is 11.7 Å². The van der Waals surface area contributed by atoms with Gasteiger partial charge in [0.05, 0.1) is 5.02 Å². The highest BCUT2D eigenvalue weighted by atomic mass is 79.9. The second-order valence-electron chi connectivity index (χ2n) is 8.61. The second-order valence-corrected chi connectivity index (χ2v) is 9.96. The Labute approximate surface area is 200 Å². The van der Waals surface area contributed by atoms with Gasteiger partial charge in [-0.2, -0.15) is 0 Å². The zero-order valence-corrected chi connectivity index (χ0v) is 20.3. The number of halogens is 2. The molecule has 0 radical (unpaired) electrons. The highest BCUT2D eigenvalue weighted by Gasteiger charge is 2.30. The van der Waals surface area contributed by atoms with E-state index >= 15 is 0 Å². The average Bonchev–Trinajstić information content (AvgIpc) is 3.12. The maximum atomic E-state index is 13.1. The van der Waals surface area contributed by atoms with Crippen LogP contribution in [0.1, 0.15) is 50.1 Å². The maximum absolute atomic E-state index is 13.1. The number of anilines is 2. The predicted molar refractivity (Wildman–Crippen MR) is 130 cm³/mol. The van der Waals surface area contributed by atoms with Crippen LogP contribution in [0.25, 0.3) is 11.0 Å². The van der Waals surface area contributed by atoms with Gasteiger partial charge in [-0.1, -0.05) is 41.4 Å². The van der Waals surface area contributed by atoms with Crippen LogP contribution in [0.15, 0.2) is 45.4 Å². The van der Waals surface area contributed by atoms with E-state index in [-0.39, 0.29) is 17.6 Å². The third-order valence-corrected chi connectivity index (χ3v) is 6.88. The Morgan fingerprint density at radius 3 is 2.53 bits per heavy atom. The Bertz CT molecular complexity index is 1140. The number of nitrogens with zero attached hydrogens (tertiary/aromatic N) is 1. The molecule has 1 fully saturated rings. The van der Waals surface area contributed by atoms with Gasteiger partial charge in [0, 0.05) is 22.0 Å². The van der Waals surface area contributed by atoms with Crippen LogP contribution in [0.5, 0.6) is 0 Å². The van der Waals surface area contributed by atoms with Gasteiger partial charge in [-0.25, -0.2) is 4.98 Å². The van der Waals surface area contributed by atoms with E-state index in [1.54, 1.807) is 18.2 Å². The number of benzene rings is 1. The first kappa shape index (κ1) is 22.8. The molecular weight excluding hydrogens is 494 g/mol. The zero-order valence-electron chi connectivity index (χ0n) is 18.0. The number of rotatable bonds is 5. The molecule has 1 aliphatic carbocycles. The van der Waals surface area contributed by atoms with Crippen molar-refractivity contribution in [2.24, 2.45) is 17.8 Å². The van der Waals surface area contributed by atoms with Crippen molar-refractivity contribution >= 4 is 61.8 Å². The summed E-state index contributed by atoms with van der Waals surface area (Å²) in [6.07, 6.45) is 5.25. The largest absolute Gasteiger partial charge is 0.449 e. The summed E-state index contributed by atoms with van der Waals surface area (Å²) in [5, 5.41) is 6.84. The van der Waals surface area contributed by atoms with Gasteiger partial charge < -0.3 is 15.1 Å². The summed E-state index contributed by atoms with van der Waals surface area (Å²) in [5.41, 5.74) is 0.891. The molecule has 2 heterocycles. The highest BCUT2D eigenvalue weighted by Crippen LogP contribution is 2.37. The van der Waals surface area contributed by atoms with E-state index < -0.39 is 5.91 Å². The molecule has 2 N–H and O–H groups in total. The summed E-state index contributed by atoms with van der Waals surface area (Å²) in [4.78, 5) is 30.2. The lowest BCUT2D eigenvalue weighted by Crippen LogP contribution is -2.29. The standard InChI is InChI=1S/C24H25BrClN3O3/c1-13(2)14-3-5-15(6-4-14)23(30)29-21-18-9-7-16(25)11-19(18)32-22(21)24(31)28-20-10-8-17(26)12-27-20/h7-15H,3-6H2,1-2H3,(H,29,30)(H,27,28,31). The van der Waals surface area contributed by atoms with Crippen LogP contribution in [-0.4, -0.2) is 16.8 Å². The van der Waals surface area contributed by atoms with Crippen molar-refractivity contribution < 1.29 is 14.0 Å². The zero-order chi connectivity index (χ0) is 22.8. The summed E-state index contributed by atoms with van der Waals surface area (Å²) in [7, 11) is 0. The van der Waals surface area contributed by atoms with E-state index in [0.717, 1.165) is 30.2 Å². The summed E-state index contributed by atoms with van der Waals surface area (Å²) in [5.74, 6) is 1.04. The third-order valence-electron chi connectivity index (χ3n) is 6.16. The lowest BCUT2D eigenvalue weighted by Gasteiger charge is -2.30. The average molecular weight is 519 g/mol. The fourth-order valence-electron chi connectivity index (χ4n) is 4.25. The molecule has 0 bridgehead atoms. The highest BCUT2D eigenvalue weighted by molar-refractivity contribution is 9.10. The molecule has 2 amide bonds. The molecule has 1 saturated carbocycles. The number of amides is 2. The molecule has 168 valence electrons. The number of hydrogen-bond acceptors (Lipinski definition) is 4. The summed E-state index contributed by atoms with van der Waals surface area (Å²) < 4.78 is 6.68. The van der Waals surface area contributed by atoms with Crippen molar-refractivity contribution in [3.8, 4) is 0 Å². The number of furan rings is 1. The van der Waals surface area contributed by atoms with Gasteiger partial charge in [0.25, 0.3) is 5.91 Å². The van der Waals surface area contributed by atoms with Gasteiger partial charge >= 0.3 is 0 Å². The molecule has 0 unspecified atom stereocenters. The minimum atomic E-state index is -0.494. The first-order valence-electron chi connectivity index (χ1n) is 10.8. The lowest BCUT2D eigenvalue weighted by molar-refractivity contribution is -0.121. The SMILES string of the molecule is CC(C)C1CCC(C(=O)Nc2c(C(=O)Nc3ccc(Cl)cn3)oc3cc(Br)ccc23)CC1. The number of carbonyl (C=O) groups excluding carboxylic acids is 2. The number of pyridine rings is 1. The monoisotopic (exact) mass is 517 g/mol. The molecule has 1 aromatic carbocycles. The number of carbonyl (C=O) groups is 2. The number of fused-ring (bicyclic) bond motifs is 1. The molecule has 0 spiro atoms. The minimum Gasteiger partial charge on any atom is -0.449 e. The first-order valence-corrected chi connectivity index (χ1v) is 11.9. The van der Waals surface area contributed by atoms with Crippen molar-refractivity contribution in [1.82, 2.24) is 4.98 Å². The topological polar surface area (TPSA) is 84.2 Å². The Balaban J connectivity index is 1.59. The van der Waals surface area contributed by atoms with Crippen molar-refractivity contribution in [1.29, 1.82) is 0 Å². The number of nitrogens with one attached hydrogen (secondary N) is 2. The molecule has 6 nitrogen and oxygen atoms in total. The molecule has 4 rings (SSSR count). The Morgan fingerprint density at radius 1 is 1.12 bits per heavy atom. The van der Waals surface area contributed by atoms with Crippen LogP contribution < -0.4 is 10.6 Å². The van der Waals surface area contributed by atoms with Crippen LogP contribution in [0.2, 0.25) is 5.02 Å². The number of hydrogen-bond donors (Lipinski definition) is 2. The van der Waals surface area contributed by atoms with E-state index in [0.29, 0.717) is 39.3 Å². The van der Waals surface area contributed by atoms with Gasteiger partial charge in [-0.05, 0) is 67.9 Å². The van der Waals surface area contributed by atoms with E-state index in [1.165, 1.54) is 6.20 Å². The van der Waals surface area contributed by atoms with E-state index in [4.69, 9.17) is 16.0 Å². The van der Waals surface area contributed by atoms with Gasteiger partial charge in [0.1, 0.15) is 17.1 Å². The van der Waals surface area contributed by atoms with Crippen LogP contribution in [0.3, 0.4) is 0 Å². The molecular formula is C24H25BrClN3O3. The van der Waals surface area contributed by atoms with Crippen LogP contribution >= 0.6 is 27.5 Å². The Kier molecular flexibility index (Phi) is 6.86. The normalized spacial score (nSPS) is 18.7. The quantitative estimate of drug-likeness (QED) is 0.385. The van der Waals surface area contributed by atoms with E-state index in [2.05, 4.69) is 45.4 Å². The molecule has 2 aromatic heterocycles. The van der Waals surface area contributed by atoms with Gasteiger partial charge in [-0.3, -0.25) is 9.59 Å². The molecule has 0 atom stereocenters. The summed E-state index contributed by atoms with van der Waals surface area (Å²) >= 11 is 9.29. The van der Waals surface area contributed by atoms with Crippen LogP contribution in [0, 0.1) is 17.8 Å². The maximum Gasteiger partial charge on any atom is 0.294 e. The van der Waals surface area contributed by atoms with Crippen molar-refractivity contribution in [2.75, 3.05) is 10.6 Å². The molecule has 0 saturated heterocycles. The third kappa shape index (κ3) is 4.99. The van der Waals surface area contributed by atoms with Gasteiger partial charge in [-0.15, -0.1) is 0 Å². The molecule has 1 aliphatic rings. The number of aromatic nitrogens is 1. The molecule has 3 aromatic rings. The lowest BCUT2D eigenvalue weighted by atomic mass is 9.76. The van der Waals surface area contributed by atoms with Crippen molar-refractivity contribution in [2.45, 2.75) is 39.5 Å². The first-order chi connectivity index (χ1) is 15.3. The molecule has 32 heavy (non-hydrogen) atoms. The minimum absolute atomic E-state index is 0.0408. The molecule has 8 heteroatoms. The fourth-order valence-corrected chi connectivity index (χ4v) is 4.70. The summed E-state index contributed by atoms with van der Waals surface area (Å²) in [6.45, 7) is 4.47. The van der Waals surface area contributed by atoms with Crippen LogP contribution in [-0.2, 0) is 4.79 Å². The second kappa shape index (κ2) is 9.63. The van der Waals surface area contributed by atoms with Crippen molar-refractivity contribution in [3.63, 3.8) is 0 Å². The van der Waals surface area contributed by atoms with Crippen molar-refractivity contribution in [3.05, 3.63) is 51.8 Å². The smallest absolute Gasteiger partial charge is 0.294 e. The summed E-state index contributed by atoms with van der Waals surface area (Å²) in [6, 6.07) is 8.69. The Morgan fingerprint density at radius 2 is 1.88 bits per heavy atom. The molecule has 0 aliphatic heterocycles. The van der Waals surface area contributed by atoms with Gasteiger partial charge in [0.15, 0.2) is 0 Å². The van der Waals surface area contributed by atoms with E-state index in [9.17, 15) is 9.59 Å². The van der Waals surface area contributed by atoms with E-state index in [1.807, 2.05) is 12.1 Å². The Hall–Kier alpha value is -2.38. The fraction of sp³-hybridized carbons (Fsp3) is 0.375.